The molecule has 0 spiro atoms. The number of H-pyrrole nitrogens is 1. The van der Waals surface area contributed by atoms with Gasteiger partial charge in [0.05, 0.1) is 12.1 Å². The van der Waals surface area contributed by atoms with E-state index in [2.05, 4.69) is 9.97 Å². The number of thiophene rings is 1. The maximum absolute atomic E-state index is 12.2. The Labute approximate surface area is 140 Å². The van der Waals surface area contributed by atoms with E-state index in [1.807, 2.05) is 18.2 Å². The van der Waals surface area contributed by atoms with Gasteiger partial charge in [0.1, 0.15) is 15.4 Å². The summed E-state index contributed by atoms with van der Waals surface area (Å²) in [6.07, 6.45) is 0.455. The second-order valence-corrected chi connectivity index (χ2v) is 6.35. The van der Waals surface area contributed by atoms with Gasteiger partial charge in [-0.3, -0.25) is 4.79 Å². The summed E-state index contributed by atoms with van der Waals surface area (Å²) < 4.78 is 5.37. The minimum absolute atomic E-state index is 0.257. The lowest BCUT2D eigenvalue weighted by Crippen LogP contribution is -2.10. The molecule has 1 aromatic carbocycles. The van der Waals surface area contributed by atoms with Gasteiger partial charge in [-0.05, 0) is 30.7 Å². The van der Waals surface area contributed by atoms with E-state index in [0.29, 0.717) is 32.4 Å². The first-order valence-electron chi connectivity index (χ1n) is 7.01. The van der Waals surface area contributed by atoms with E-state index in [-0.39, 0.29) is 12.2 Å². The molecule has 5 nitrogen and oxygen atoms in total. The molecule has 0 atom stereocenters. The van der Waals surface area contributed by atoms with E-state index in [0.717, 1.165) is 16.9 Å². The molecule has 7 heteroatoms. The van der Waals surface area contributed by atoms with Gasteiger partial charge in [0, 0.05) is 11.4 Å². The van der Waals surface area contributed by atoms with Crippen LogP contribution in [0.1, 0.15) is 28.0 Å². The lowest BCUT2D eigenvalue weighted by Gasteiger charge is -2.02. The number of carbonyl (C=O) groups is 1. The highest BCUT2D eigenvalue weighted by Gasteiger charge is 2.15. The third-order valence-corrected chi connectivity index (χ3v) is 4.51. The Balaban J connectivity index is 1.97. The monoisotopic (exact) mass is 348 g/mol. The number of hydrogen-bond donors (Lipinski definition) is 1. The summed E-state index contributed by atoms with van der Waals surface area (Å²) in [5.74, 6) is 0.0873. The van der Waals surface area contributed by atoms with Crippen molar-refractivity contribution in [2.24, 2.45) is 0 Å². The Morgan fingerprint density at radius 2 is 2.22 bits per heavy atom. The summed E-state index contributed by atoms with van der Waals surface area (Å²) in [6, 6.07) is 8.96. The number of ether oxygens (including phenoxy) is 1. The number of rotatable bonds is 4. The zero-order valence-electron chi connectivity index (χ0n) is 12.3. The third-order valence-electron chi connectivity index (χ3n) is 3.17. The molecule has 3 rings (SSSR count). The smallest absolute Gasteiger partial charge is 0.348 e. The fraction of sp³-hybridized carbons (Fsp3) is 0.188. The number of aromatic amines is 1. The number of fused-ring (bicyclic) bond motifs is 1. The van der Waals surface area contributed by atoms with Gasteiger partial charge in [-0.25, -0.2) is 9.78 Å². The molecule has 0 aliphatic heterocycles. The van der Waals surface area contributed by atoms with Crippen molar-refractivity contribution in [3.63, 3.8) is 0 Å². The average Bonchev–Trinajstić information content (AvgIpc) is 2.92. The first-order valence-corrected chi connectivity index (χ1v) is 8.20. The predicted octanol–water partition coefficient (Wildman–Crippen LogP) is 3.41. The standard InChI is InChI=1S/C16H13ClN2O3S/c1-2-22-16(21)12-8-11-14(23-12)15(20)19-13(18-11)7-9-4-3-5-10(17)6-9/h3-6,8H,2,7H2,1H3,(H,18,19,20). The van der Waals surface area contributed by atoms with Crippen molar-refractivity contribution in [2.75, 3.05) is 6.61 Å². The van der Waals surface area contributed by atoms with Crippen molar-refractivity contribution in [1.82, 2.24) is 9.97 Å². The number of aromatic nitrogens is 2. The van der Waals surface area contributed by atoms with Crippen LogP contribution < -0.4 is 5.56 Å². The van der Waals surface area contributed by atoms with Crippen LogP contribution in [0.4, 0.5) is 0 Å². The molecule has 118 valence electrons. The first kappa shape index (κ1) is 15.7. The largest absolute Gasteiger partial charge is 0.462 e. The molecule has 3 aromatic rings. The lowest BCUT2D eigenvalue weighted by atomic mass is 10.1. The number of nitrogens with zero attached hydrogens (tertiary/aromatic N) is 1. The normalized spacial score (nSPS) is 10.9. The van der Waals surface area contributed by atoms with Gasteiger partial charge in [0.2, 0.25) is 0 Å². The van der Waals surface area contributed by atoms with Crippen LogP contribution in [0, 0.1) is 0 Å². The van der Waals surface area contributed by atoms with Crippen molar-refractivity contribution in [3.8, 4) is 0 Å². The number of hydrogen-bond acceptors (Lipinski definition) is 5. The zero-order chi connectivity index (χ0) is 16.4. The van der Waals surface area contributed by atoms with E-state index in [1.54, 1.807) is 19.1 Å². The maximum Gasteiger partial charge on any atom is 0.348 e. The van der Waals surface area contributed by atoms with Gasteiger partial charge in [0.15, 0.2) is 0 Å². The zero-order valence-corrected chi connectivity index (χ0v) is 13.8. The fourth-order valence-corrected chi connectivity index (χ4v) is 3.31. The number of benzene rings is 1. The molecule has 0 aliphatic rings. The molecule has 0 unspecified atom stereocenters. The minimum atomic E-state index is -0.439. The Hall–Kier alpha value is -2.18. The van der Waals surface area contributed by atoms with Crippen LogP contribution in [-0.4, -0.2) is 22.5 Å². The summed E-state index contributed by atoms with van der Waals surface area (Å²) in [7, 11) is 0. The second kappa shape index (κ2) is 6.52. The Bertz CT molecular complexity index is 932. The van der Waals surface area contributed by atoms with E-state index in [4.69, 9.17) is 16.3 Å². The molecule has 0 amide bonds. The number of esters is 1. The highest BCUT2D eigenvalue weighted by molar-refractivity contribution is 7.20. The van der Waals surface area contributed by atoms with Crippen molar-refractivity contribution in [3.05, 3.63) is 62.0 Å². The van der Waals surface area contributed by atoms with Crippen LogP contribution in [0.2, 0.25) is 5.02 Å². The molecule has 0 bridgehead atoms. The fourth-order valence-electron chi connectivity index (χ4n) is 2.22. The quantitative estimate of drug-likeness (QED) is 0.733. The summed E-state index contributed by atoms with van der Waals surface area (Å²) in [5.41, 5.74) is 1.19. The molecular formula is C16H13ClN2O3S. The Morgan fingerprint density at radius 3 is 2.96 bits per heavy atom. The third kappa shape index (κ3) is 3.43. The summed E-state index contributed by atoms with van der Waals surface area (Å²) >= 11 is 7.05. The van der Waals surface area contributed by atoms with Gasteiger partial charge >= 0.3 is 5.97 Å². The molecule has 0 saturated heterocycles. The second-order valence-electron chi connectivity index (χ2n) is 4.86. The minimum Gasteiger partial charge on any atom is -0.462 e. The van der Waals surface area contributed by atoms with Crippen LogP contribution in [0.3, 0.4) is 0 Å². The molecule has 23 heavy (non-hydrogen) atoms. The van der Waals surface area contributed by atoms with Crippen LogP contribution in [0.15, 0.2) is 35.1 Å². The van der Waals surface area contributed by atoms with Gasteiger partial charge in [0.25, 0.3) is 5.56 Å². The maximum atomic E-state index is 12.2. The number of nitrogens with one attached hydrogen (secondary N) is 1. The molecule has 2 aromatic heterocycles. The number of halogens is 1. The topological polar surface area (TPSA) is 72.0 Å². The van der Waals surface area contributed by atoms with Gasteiger partial charge < -0.3 is 9.72 Å². The Morgan fingerprint density at radius 1 is 1.39 bits per heavy atom. The van der Waals surface area contributed by atoms with Crippen LogP contribution in [-0.2, 0) is 11.2 Å². The van der Waals surface area contributed by atoms with Crippen LogP contribution in [0.25, 0.3) is 10.2 Å². The molecule has 1 N–H and O–H groups in total. The van der Waals surface area contributed by atoms with E-state index in [9.17, 15) is 9.59 Å². The Kier molecular flexibility index (Phi) is 4.45. The molecule has 0 aliphatic carbocycles. The first-order chi connectivity index (χ1) is 11.1. The highest BCUT2D eigenvalue weighted by atomic mass is 35.5. The van der Waals surface area contributed by atoms with E-state index < -0.39 is 5.97 Å². The summed E-state index contributed by atoms with van der Waals surface area (Å²) in [4.78, 5) is 31.5. The van der Waals surface area contributed by atoms with Gasteiger partial charge in [-0.1, -0.05) is 23.7 Å². The average molecular weight is 349 g/mol. The highest BCUT2D eigenvalue weighted by Crippen LogP contribution is 2.22. The predicted molar refractivity (Wildman–Crippen MR) is 90.5 cm³/mol. The van der Waals surface area contributed by atoms with E-state index >= 15 is 0 Å². The van der Waals surface area contributed by atoms with E-state index in [1.165, 1.54) is 0 Å². The van der Waals surface area contributed by atoms with Crippen molar-refractivity contribution < 1.29 is 9.53 Å². The molecule has 0 fully saturated rings. The SMILES string of the molecule is CCOC(=O)c1cc2nc(Cc3cccc(Cl)c3)[nH]c(=O)c2s1. The molecule has 2 heterocycles. The van der Waals surface area contributed by atoms with Crippen molar-refractivity contribution in [1.29, 1.82) is 0 Å². The molecular weight excluding hydrogens is 336 g/mol. The molecule has 0 saturated carbocycles. The van der Waals surface area contributed by atoms with Gasteiger partial charge in [-0.15, -0.1) is 11.3 Å². The van der Waals surface area contributed by atoms with Crippen molar-refractivity contribution >= 4 is 39.1 Å². The summed E-state index contributed by atoms with van der Waals surface area (Å²) in [5, 5.41) is 0.631. The van der Waals surface area contributed by atoms with Crippen LogP contribution >= 0.6 is 22.9 Å². The van der Waals surface area contributed by atoms with Gasteiger partial charge in [-0.2, -0.15) is 0 Å². The molecule has 0 radical (unpaired) electrons. The lowest BCUT2D eigenvalue weighted by molar-refractivity contribution is 0.0532. The number of carbonyl (C=O) groups excluding carboxylic acids is 1. The van der Waals surface area contributed by atoms with Crippen LogP contribution in [0.5, 0.6) is 0 Å². The van der Waals surface area contributed by atoms with Crippen molar-refractivity contribution in [2.45, 2.75) is 13.3 Å². The summed E-state index contributed by atoms with van der Waals surface area (Å²) in [6.45, 7) is 2.02.